The van der Waals surface area contributed by atoms with Crippen LogP contribution in [0.15, 0.2) is 35.4 Å². The number of benzene rings is 1. The second kappa shape index (κ2) is 5.82. The van der Waals surface area contributed by atoms with E-state index in [0.717, 1.165) is 0 Å². The van der Waals surface area contributed by atoms with Crippen LogP contribution in [0.5, 0.6) is 0 Å². The number of hydrogen-bond acceptors (Lipinski definition) is 4. The predicted octanol–water partition coefficient (Wildman–Crippen LogP) is 2.23. The van der Waals surface area contributed by atoms with E-state index in [1.807, 2.05) is 13.8 Å². The van der Waals surface area contributed by atoms with Crippen LogP contribution < -0.4 is 11.0 Å². The van der Waals surface area contributed by atoms with Gasteiger partial charge in [-0.15, -0.1) is 0 Å². The molecular weight excluding hydrogens is 272 g/mol. The molecule has 0 fully saturated rings. The minimum absolute atomic E-state index is 0.00587. The van der Waals surface area contributed by atoms with Crippen molar-refractivity contribution in [2.24, 2.45) is 0 Å². The molecule has 2 rings (SSSR count). The first-order valence-corrected chi connectivity index (χ1v) is 6.67. The highest BCUT2D eigenvalue weighted by atomic mass is 16.6. The van der Waals surface area contributed by atoms with Crippen LogP contribution in [0.2, 0.25) is 0 Å². The van der Waals surface area contributed by atoms with Crippen LogP contribution in [-0.2, 0) is 6.54 Å². The lowest BCUT2D eigenvalue weighted by atomic mass is 10.1. The lowest BCUT2D eigenvalue weighted by molar-refractivity contribution is -0.384. The molecule has 7 nitrogen and oxygen atoms in total. The van der Waals surface area contributed by atoms with Gasteiger partial charge in [0.2, 0.25) is 0 Å². The van der Waals surface area contributed by atoms with Gasteiger partial charge in [-0.25, -0.2) is 4.79 Å². The second-order valence-electron chi connectivity index (χ2n) is 5.03. The minimum atomic E-state index is -0.433. The highest BCUT2D eigenvalue weighted by Crippen LogP contribution is 2.28. The molecule has 0 unspecified atom stereocenters. The molecule has 21 heavy (non-hydrogen) atoms. The van der Waals surface area contributed by atoms with Gasteiger partial charge in [-0.2, -0.15) is 0 Å². The fourth-order valence-corrected chi connectivity index (χ4v) is 2.28. The number of nitrogens with zero attached hydrogens (tertiary/aromatic N) is 3. The zero-order valence-corrected chi connectivity index (χ0v) is 12.2. The van der Waals surface area contributed by atoms with Crippen LogP contribution >= 0.6 is 0 Å². The second-order valence-corrected chi connectivity index (χ2v) is 5.03. The van der Waals surface area contributed by atoms with Gasteiger partial charge >= 0.3 is 5.69 Å². The number of nitrogens with one attached hydrogen (secondary N) is 1. The highest BCUT2D eigenvalue weighted by molar-refractivity contribution is 5.66. The first-order valence-electron chi connectivity index (χ1n) is 6.67. The normalized spacial score (nSPS) is 10.9. The number of anilines is 1. The molecule has 0 bridgehead atoms. The molecule has 0 spiro atoms. The van der Waals surface area contributed by atoms with Crippen LogP contribution in [0.3, 0.4) is 0 Å². The largest absolute Gasteiger partial charge is 0.382 e. The van der Waals surface area contributed by atoms with E-state index in [2.05, 4.69) is 5.32 Å². The van der Waals surface area contributed by atoms with E-state index in [1.165, 1.54) is 6.07 Å². The number of nitro benzene ring substituents is 1. The Morgan fingerprint density at radius 2 is 2.05 bits per heavy atom. The van der Waals surface area contributed by atoms with E-state index in [9.17, 15) is 14.9 Å². The number of rotatable bonds is 5. The molecule has 2 aromatic rings. The Kier molecular flexibility index (Phi) is 4.11. The number of aromatic nitrogens is 2. The average molecular weight is 290 g/mol. The topological polar surface area (TPSA) is 82.1 Å². The summed E-state index contributed by atoms with van der Waals surface area (Å²) in [5.41, 5.74) is 1.02. The average Bonchev–Trinajstić information content (AvgIpc) is 2.80. The van der Waals surface area contributed by atoms with Crippen molar-refractivity contribution in [1.82, 2.24) is 9.13 Å². The molecule has 0 saturated carbocycles. The summed E-state index contributed by atoms with van der Waals surface area (Å²) in [7, 11) is 1.63. The number of hydrogen-bond donors (Lipinski definition) is 1. The first kappa shape index (κ1) is 14.8. The van der Waals surface area contributed by atoms with Crippen LogP contribution in [0, 0.1) is 10.1 Å². The Morgan fingerprint density at radius 3 is 2.57 bits per heavy atom. The van der Waals surface area contributed by atoms with Gasteiger partial charge in [0.05, 0.1) is 11.5 Å². The Labute approximate surface area is 122 Å². The summed E-state index contributed by atoms with van der Waals surface area (Å²) >= 11 is 0. The molecule has 7 heteroatoms. The van der Waals surface area contributed by atoms with Crippen molar-refractivity contribution in [3.8, 4) is 0 Å². The van der Waals surface area contributed by atoms with Crippen molar-refractivity contribution in [2.75, 3.05) is 12.4 Å². The molecule has 0 atom stereocenters. The summed E-state index contributed by atoms with van der Waals surface area (Å²) in [5, 5.41) is 13.9. The van der Waals surface area contributed by atoms with Crippen molar-refractivity contribution in [3.05, 3.63) is 56.8 Å². The molecule has 1 heterocycles. The molecule has 0 amide bonds. The van der Waals surface area contributed by atoms with E-state index in [-0.39, 0.29) is 24.0 Å². The third-order valence-electron chi connectivity index (χ3n) is 3.35. The monoisotopic (exact) mass is 290 g/mol. The van der Waals surface area contributed by atoms with Gasteiger partial charge < -0.3 is 5.32 Å². The van der Waals surface area contributed by atoms with Gasteiger partial charge in [-0.1, -0.05) is 12.1 Å². The molecule has 0 aliphatic carbocycles. The minimum Gasteiger partial charge on any atom is -0.382 e. The Balaban J connectivity index is 2.43. The molecule has 0 saturated heterocycles. The molecule has 0 aliphatic rings. The summed E-state index contributed by atoms with van der Waals surface area (Å²) < 4.78 is 3.16. The third kappa shape index (κ3) is 2.81. The van der Waals surface area contributed by atoms with Crippen molar-refractivity contribution in [2.45, 2.75) is 26.4 Å². The third-order valence-corrected chi connectivity index (χ3v) is 3.35. The number of para-hydroxylation sites is 1. The highest BCUT2D eigenvalue weighted by Gasteiger charge is 2.17. The maximum atomic E-state index is 12.2. The van der Waals surface area contributed by atoms with Crippen LogP contribution in [0.25, 0.3) is 0 Å². The quantitative estimate of drug-likeness (QED) is 0.676. The fraction of sp³-hybridized carbons (Fsp3) is 0.357. The van der Waals surface area contributed by atoms with E-state index in [1.54, 1.807) is 40.7 Å². The standard InChI is InChI=1S/C14H18N4O3/c1-10(2)17-8-7-16(14(17)19)9-11-5-4-6-12(18(20)21)13(11)15-3/h4-8,10,15H,9H2,1-3H3. The Hall–Kier alpha value is -2.57. The number of imidazole rings is 1. The Bertz CT molecular complexity index is 715. The van der Waals surface area contributed by atoms with E-state index in [4.69, 9.17) is 0 Å². The lowest BCUT2D eigenvalue weighted by Crippen LogP contribution is -2.25. The Morgan fingerprint density at radius 1 is 1.33 bits per heavy atom. The predicted molar refractivity (Wildman–Crippen MR) is 80.8 cm³/mol. The van der Waals surface area contributed by atoms with Gasteiger partial charge in [-0.05, 0) is 13.8 Å². The summed E-state index contributed by atoms with van der Waals surface area (Å²) in [6.45, 7) is 4.15. The SMILES string of the molecule is CNc1c(Cn2ccn(C(C)C)c2=O)cccc1[N+](=O)[O-]. The summed E-state index contributed by atoms with van der Waals surface area (Å²) in [6.07, 6.45) is 3.42. The molecule has 1 aromatic carbocycles. The lowest BCUT2D eigenvalue weighted by Gasteiger charge is -2.10. The summed E-state index contributed by atoms with van der Waals surface area (Å²) in [4.78, 5) is 22.8. The van der Waals surface area contributed by atoms with E-state index < -0.39 is 4.92 Å². The number of nitro groups is 1. The maximum absolute atomic E-state index is 12.2. The van der Waals surface area contributed by atoms with Gasteiger partial charge in [0.1, 0.15) is 5.69 Å². The summed E-state index contributed by atoms with van der Waals surface area (Å²) in [6, 6.07) is 4.92. The van der Waals surface area contributed by atoms with Gasteiger partial charge in [0, 0.05) is 37.1 Å². The smallest absolute Gasteiger partial charge is 0.328 e. The molecular formula is C14H18N4O3. The van der Waals surface area contributed by atoms with Crippen molar-refractivity contribution < 1.29 is 4.92 Å². The summed E-state index contributed by atoms with van der Waals surface area (Å²) in [5.74, 6) is 0. The van der Waals surface area contributed by atoms with Crippen LogP contribution in [0.1, 0.15) is 25.5 Å². The van der Waals surface area contributed by atoms with Gasteiger partial charge in [0.25, 0.3) is 5.69 Å². The van der Waals surface area contributed by atoms with Crippen LogP contribution in [-0.4, -0.2) is 21.1 Å². The van der Waals surface area contributed by atoms with Gasteiger partial charge in [0.15, 0.2) is 0 Å². The van der Waals surface area contributed by atoms with Crippen molar-refractivity contribution >= 4 is 11.4 Å². The van der Waals surface area contributed by atoms with Crippen molar-refractivity contribution in [3.63, 3.8) is 0 Å². The van der Waals surface area contributed by atoms with Crippen molar-refractivity contribution in [1.29, 1.82) is 0 Å². The molecule has 0 aliphatic heterocycles. The van der Waals surface area contributed by atoms with E-state index in [0.29, 0.717) is 11.3 Å². The van der Waals surface area contributed by atoms with E-state index >= 15 is 0 Å². The zero-order valence-electron chi connectivity index (χ0n) is 12.2. The zero-order chi connectivity index (χ0) is 15.6. The molecule has 0 radical (unpaired) electrons. The van der Waals surface area contributed by atoms with Gasteiger partial charge in [-0.3, -0.25) is 19.2 Å². The molecule has 1 N–H and O–H groups in total. The first-order chi connectivity index (χ1) is 9.95. The maximum Gasteiger partial charge on any atom is 0.328 e. The molecule has 112 valence electrons. The molecule has 1 aromatic heterocycles. The fourth-order valence-electron chi connectivity index (χ4n) is 2.28. The van der Waals surface area contributed by atoms with Crippen LogP contribution in [0.4, 0.5) is 11.4 Å².